The second kappa shape index (κ2) is 2.60. The topological polar surface area (TPSA) is 0 Å². The van der Waals surface area contributed by atoms with Gasteiger partial charge in [0, 0.05) is 0 Å². The van der Waals surface area contributed by atoms with Crippen LogP contribution in [0.3, 0.4) is 0 Å². The first-order valence-corrected chi connectivity index (χ1v) is 2.84. The zero-order valence-electron chi connectivity index (χ0n) is 4.22. The third-order valence-electron chi connectivity index (χ3n) is 0.652. The van der Waals surface area contributed by atoms with E-state index in [1.807, 2.05) is 0 Å². The van der Waals surface area contributed by atoms with E-state index in [4.69, 9.17) is 0 Å². The highest BCUT2D eigenvalue weighted by Crippen LogP contribution is 2.41. The summed E-state index contributed by atoms with van der Waals surface area (Å²) in [6, 6.07) is 0. The van der Waals surface area contributed by atoms with Crippen LogP contribution in [0.5, 0.6) is 0 Å². The maximum absolute atomic E-state index is 11.5. The first-order valence-electron chi connectivity index (χ1n) is 1.92. The van der Waals surface area contributed by atoms with Gasteiger partial charge in [-0.2, -0.15) is 22.0 Å². The van der Waals surface area contributed by atoms with E-state index < -0.39 is 17.2 Å². The Morgan fingerprint density at radius 2 is 1.30 bits per heavy atom. The third-order valence-corrected chi connectivity index (χ3v) is 1.23. The minimum absolute atomic E-state index is 1.50. The number of halogens is 7. The largest absolute Gasteiger partial charge is 0.457 e. The van der Waals surface area contributed by atoms with Crippen LogP contribution >= 0.6 is 15.9 Å². The molecule has 1 unspecified atom stereocenters. The fourth-order valence-electron chi connectivity index (χ4n) is 0.124. The van der Waals surface area contributed by atoms with E-state index in [9.17, 15) is 26.3 Å². The van der Waals surface area contributed by atoms with Crippen molar-refractivity contribution in [3.8, 4) is 0 Å². The molecule has 0 bridgehead atoms. The lowest BCUT2D eigenvalue weighted by molar-refractivity contribution is -0.290. The molecule has 0 saturated carbocycles. The van der Waals surface area contributed by atoms with Crippen molar-refractivity contribution in [3.05, 3.63) is 0 Å². The summed E-state index contributed by atoms with van der Waals surface area (Å²) in [6.07, 6.45) is -5.84. The summed E-state index contributed by atoms with van der Waals surface area (Å²) in [5.74, 6) is -5.31. The fourth-order valence-corrected chi connectivity index (χ4v) is 0.383. The lowest BCUT2D eigenvalue weighted by Crippen LogP contribution is -2.42. The van der Waals surface area contributed by atoms with E-state index in [0.29, 0.717) is 0 Å². The molecule has 0 N–H and O–H groups in total. The molecule has 7 heteroatoms. The number of hydrogen-bond acceptors (Lipinski definition) is 0. The van der Waals surface area contributed by atoms with Crippen molar-refractivity contribution in [1.82, 2.24) is 0 Å². The van der Waals surface area contributed by atoms with Crippen molar-refractivity contribution in [2.24, 2.45) is 0 Å². The molecular weight excluding hydrogens is 230 g/mol. The maximum Gasteiger partial charge on any atom is 0.457 e. The summed E-state index contributed by atoms with van der Waals surface area (Å²) in [4.78, 5) is 0. The molecule has 1 atom stereocenters. The highest BCUT2D eigenvalue weighted by atomic mass is 79.9. The minimum atomic E-state index is -5.84. The Morgan fingerprint density at radius 1 is 1.00 bits per heavy atom. The minimum Gasteiger partial charge on any atom is -0.228 e. The van der Waals surface area contributed by atoms with Gasteiger partial charge in [0.2, 0.25) is 5.08 Å². The van der Waals surface area contributed by atoms with Gasteiger partial charge in [-0.05, 0) is 15.9 Å². The van der Waals surface area contributed by atoms with Crippen molar-refractivity contribution in [1.29, 1.82) is 0 Å². The molecule has 0 aliphatic rings. The molecular formula is C3HBrF6. The Bertz CT molecular complexity index is 115. The molecule has 0 fully saturated rings. The molecule has 0 spiro atoms. The molecule has 0 aromatic rings. The fraction of sp³-hybridized carbons (Fsp3) is 1.00. The van der Waals surface area contributed by atoms with E-state index in [-0.39, 0.29) is 0 Å². The van der Waals surface area contributed by atoms with Gasteiger partial charge in [-0.25, -0.2) is 4.39 Å². The molecule has 0 radical (unpaired) electrons. The van der Waals surface area contributed by atoms with Gasteiger partial charge in [-0.3, -0.25) is 0 Å². The van der Waals surface area contributed by atoms with Gasteiger partial charge in [0.05, 0.1) is 0 Å². The molecule has 0 aromatic heterocycles. The van der Waals surface area contributed by atoms with Crippen LogP contribution in [-0.4, -0.2) is 17.2 Å². The molecule has 0 aliphatic heterocycles. The van der Waals surface area contributed by atoms with E-state index in [1.54, 1.807) is 0 Å². The zero-order valence-corrected chi connectivity index (χ0v) is 5.81. The molecule has 0 aromatic carbocycles. The predicted octanol–water partition coefficient (Wildman–Crippen LogP) is 2.87. The van der Waals surface area contributed by atoms with E-state index in [0.717, 1.165) is 0 Å². The van der Waals surface area contributed by atoms with Gasteiger partial charge in [-0.1, -0.05) is 0 Å². The third kappa shape index (κ3) is 1.77. The van der Waals surface area contributed by atoms with E-state index in [2.05, 4.69) is 0 Å². The van der Waals surface area contributed by atoms with Gasteiger partial charge in [0.25, 0.3) is 0 Å². The van der Waals surface area contributed by atoms with Crippen LogP contribution in [-0.2, 0) is 0 Å². The standard InChI is InChI=1S/C3HBrF6/c4-1(5)2(6,7)3(8,9)10/h1H. The molecule has 0 heterocycles. The van der Waals surface area contributed by atoms with Crippen LogP contribution in [0.1, 0.15) is 0 Å². The first-order chi connectivity index (χ1) is 4.19. The Balaban J connectivity index is 4.40. The second-order valence-corrected chi connectivity index (χ2v) is 2.23. The average molecular weight is 231 g/mol. The Kier molecular flexibility index (Phi) is 2.61. The summed E-state index contributed by atoms with van der Waals surface area (Å²) in [7, 11) is 0. The molecule has 0 saturated heterocycles. The van der Waals surface area contributed by atoms with Crippen molar-refractivity contribution in [3.63, 3.8) is 0 Å². The lowest BCUT2D eigenvalue weighted by atomic mass is 10.4. The SMILES string of the molecule is FC(Br)C(F)(F)C(F)(F)F. The highest BCUT2D eigenvalue weighted by Gasteiger charge is 2.62. The van der Waals surface area contributed by atoms with Gasteiger partial charge in [-0.15, -0.1) is 0 Å². The van der Waals surface area contributed by atoms with Crippen LogP contribution in [0.2, 0.25) is 0 Å². The van der Waals surface area contributed by atoms with E-state index >= 15 is 0 Å². The number of alkyl halides is 7. The van der Waals surface area contributed by atoms with Crippen LogP contribution in [0.4, 0.5) is 26.3 Å². The molecule has 10 heavy (non-hydrogen) atoms. The van der Waals surface area contributed by atoms with Crippen LogP contribution < -0.4 is 0 Å². The first kappa shape index (κ1) is 10.1. The molecule has 0 amide bonds. The Hall–Kier alpha value is 0.0600. The number of rotatable bonds is 1. The summed E-state index contributed by atoms with van der Waals surface area (Å²) >= 11 is 1.50. The normalized spacial score (nSPS) is 17.1. The summed E-state index contributed by atoms with van der Waals surface area (Å²) < 4.78 is 67.6. The van der Waals surface area contributed by atoms with Crippen molar-refractivity contribution in [2.75, 3.05) is 0 Å². The highest BCUT2D eigenvalue weighted by molar-refractivity contribution is 9.09. The lowest BCUT2D eigenvalue weighted by Gasteiger charge is -2.18. The zero-order chi connectivity index (χ0) is 8.58. The average Bonchev–Trinajstić information content (AvgIpc) is 1.62. The van der Waals surface area contributed by atoms with Crippen molar-refractivity contribution >= 4 is 15.9 Å². The van der Waals surface area contributed by atoms with Crippen LogP contribution in [0.25, 0.3) is 0 Å². The monoisotopic (exact) mass is 230 g/mol. The Morgan fingerprint density at radius 3 is 1.30 bits per heavy atom. The van der Waals surface area contributed by atoms with Gasteiger partial charge in [0.1, 0.15) is 0 Å². The number of hydrogen-bond donors (Lipinski definition) is 0. The summed E-state index contributed by atoms with van der Waals surface area (Å²) in [5, 5.41) is -3.39. The Labute approximate surface area is 60.3 Å². The van der Waals surface area contributed by atoms with Gasteiger partial charge < -0.3 is 0 Å². The van der Waals surface area contributed by atoms with Crippen LogP contribution in [0, 0.1) is 0 Å². The maximum atomic E-state index is 11.5. The molecule has 62 valence electrons. The van der Waals surface area contributed by atoms with Crippen LogP contribution in [0.15, 0.2) is 0 Å². The van der Waals surface area contributed by atoms with Gasteiger partial charge >= 0.3 is 12.1 Å². The van der Waals surface area contributed by atoms with E-state index in [1.165, 1.54) is 15.9 Å². The smallest absolute Gasteiger partial charge is 0.228 e. The van der Waals surface area contributed by atoms with Gasteiger partial charge in [0.15, 0.2) is 0 Å². The van der Waals surface area contributed by atoms with Crippen molar-refractivity contribution < 1.29 is 26.3 Å². The summed E-state index contributed by atoms with van der Waals surface area (Å²) in [6.45, 7) is 0. The molecule has 0 nitrogen and oxygen atoms in total. The molecule has 0 aliphatic carbocycles. The summed E-state index contributed by atoms with van der Waals surface area (Å²) in [5.41, 5.74) is 0. The van der Waals surface area contributed by atoms with Crippen molar-refractivity contribution in [2.45, 2.75) is 17.2 Å². The second-order valence-electron chi connectivity index (χ2n) is 1.42. The quantitative estimate of drug-likeness (QED) is 0.480. The molecule has 0 rings (SSSR count). The predicted molar refractivity (Wildman–Crippen MR) is 24.8 cm³/mol.